The number of fused-ring (bicyclic) bond motifs is 3. The number of carbonyl (C=O) groups is 2. The van der Waals surface area contributed by atoms with Crippen molar-refractivity contribution in [3.8, 4) is 0 Å². The fourth-order valence-electron chi connectivity index (χ4n) is 4.89. The Kier molecular flexibility index (Phi) is 4.14. The van der Waals surface area contributed by atoms with Gasteiger partial charge in [-0.05, 0) is 38.5 Å². The topological polar surface area (TPSA) is 77.5 Å². The van der Waals surface area contributed by atoms with Gasteiger partial charge in [0.25, 0.3) is 0 Å². The summed E-state index contributed by atoms with van der Waals surface area (Å²) in [6.07, 6.45) is 1.20. The Bertz CT molecular complexity index is 987. The molecule has 1 heterocycles. The van der Waals surface area contributed by atoms with Crippen molar-refractivity contribution in [2.75, 3.05) is 0 Å². The Morgan fingerprint density at radius 3 is 2.41 bits per heavy atom. The molecule has 0 radical (unpaired) electrons. The lowest BCUT2D eigenvalue weighted by Crippen LogP contribution is -2.39. The van der Waals surface area contributed by atoms with Gasteiger partial charge in [0.05, 0.1) is 16.1 Å². The summed E-state index contributed by atoms with van der Waals surface area (Å²) in [5.74, 6) is -1.85. The number of sulfone groups is 1. The molecule has 0 spiro atoms. The molecule has 4 rings (SSSR count). The lowest BCUT2D eigenvalue weighted by Gasteiger charge is -2.29. The molecular formula is C21H22O5S. The summed E-state index contributed by atoms with van der Waals surface area (Å²) < 4.78 is 32.6. The van der Waals surface area contributed by atoms with Gasteiger partial charge in [-0.15, -0.1) is 0 Å². The lowest BCUT2D eigenvalue weighted by atomic mass is 9.81. The minimum Gasteiger partial charge on any atom is -0.461 e. The Hall–Kier alpha value is -2.21. The van der Waals surface area contributed by atoms with Crippen LogP contribution in [-0.2, 0) is 24.2 Å². The highest BCUT2D eigenvalue weighted by Gasteiger charge is 2.57. The quantitative estimate of drug-likeness (QED) is 0.731. The van der Waals surface area contributed by atoms with Crippen molar-refractivity contribution < 1.29 is 22.7 Å². The van der Waals surface area contributed by atoms with Gasteiger partial charge in [0, 0.05) is 17.4 Å². The molecule has 6 heteroatoms. The number of hydrogen-bond donors (Lipinski definition) is 0. The first-order valence-electron chi connectivity index (χ1n) is 9.15. The molecule has 1 aromatic rings. The van der Waals surface area contributed by atoms with Crippen LogP contribution < -0.4 is 0 Å². The summed E-state index contributed by atoms with van der Waals surface area (Å²) in [6, 6.07) is 8.31. The Labute approximate surface area is 159 Å². The van der Waals surface area contributed by atoms with E-state index in [2.05, 4.69) is 0 Å². The largest absolute Gasteiger partial charge is 0.461 e. The first kappa shape index (κ1) is 18.2. The highest BCUT2D eigenvalue weighted by Crippen LogP contribution is 2.50. The summed E-state index contributed by atoms with van der Waals surface area (Å²) in [5.41, 5.74) is 2.22. The van der Waals surface area contributed by atoms with Gasteiger partial charge >= 0.3 is 5.97 Å². The standard InChI is InChI=1S/C21H22O5S/c1-11-9-15(22)17-12(2)10-16(27(24,25)14-7-5-4-6-8-14)19-13(3)21(23)26-20(19)18(11)17/h4-9,13,16,18-20H,10H2,1-3H3/t13-,16-,18?,19?,20+/m0/s1. The second-order valence-electron chi connectivity index (χ2n) is 7.79. The maximum Gasteiger partial charge on any atom is 0.309 e. The van der Waals surface area contributed by atoms with Crippen LogP contribution in [0.25, 0.3) is 0 Å². The summed E-state index contributed by atoms with van der Waals surface area (Å²) in [7, 11) is -3.69. The van der Waals surface area contributed by atoms with Crippen LogP contribution in [-0.4, -0.2) is 31.5 Å². The maximum absolute atomic E-state index is 13.5. The Morgan fingerprint density at radius 1 is 1.07 bits per heavy atom. The van der Waals surface area contributed by atoms with E-state index in [1.807, 2.05) is 13.8 Å². The van der Waals surface area contributed by atoms with Gasteiger partial charge in [-0.2, -0.15) is 0 Å². The van der Waals surface area contributed by atoms with E-state index in [1.165, 1.54) is 0 Å². The van der Waals surface area contributed by atoms with E-state index >= 15 is 0 Å². The van der Waals surface area contributed by atoms with Gasteiger partial charge in [0.1, 0.15) is 6.10 Å². The van der Waals surface area contributed by atoms with E-state index in [1.54, 1.807) is 43.3 Å². The summed E-state index contributed by atoms with van der Waals surface area (Å²) in [4.78, 5) is 25.2. The second-order valence-corrected chi connectivity index (χ2v) is 9.96. The third kappa shape index (κ3) is 2.61. The minimum atomic E-state index is -3.69. The summed E-state index contributed by atoms with van der Waals surface area (Å²) in [5, 5.41) is -0.801. The molecule has 2 unspecified atom stereocenters. The van der Waals surface area contributed by atoms with Crippen LogP contribution in [0.2, 0.25) is 0 Å². The zero-order chi connectivity index (χ0) is 19.5. The molecule has 1 aliphatic heterocycles. The average molecular weight is 386 g/mol. The van der Waals surface area contributed by atoms with E-state index in [0.29, 0.717) is 5.57 Å². The van der Waals surface area contributed by atoms with Crippen LogP contribution >= 0.6 is 0 Å². The van der Waals surface area contributed by atoms with Crippen LogP contribution in [0.15, 0.2) is 58.0 Å². The molecule has 0 aromatic heterocycles. The van der Waals surface area contributed by atoms with Crippen molar-refractivity contribution in [1.82, 2.24) is 0 Å². The van der Waals surface area contributed by atoms with Crippen molar-refractivity contribution in [3.05, 3.63) is 53.1 Å². The smallest absolute Gasteiger partial charge is 0.309 e. The number of ether oxygens (including phenoxy) is 1. The number of ketones is 1. The van der Waals surface area contributed by atoms with Crippen molar-refractivity contribution in [3.63, 3.8) is 0 Å². The molecular weight excluding hydrogens is 364 g/mol. The Balaban J connectivity index is 1.89. The van der Waals surface area contributed by atoms with Crippen LogP contribution in [0.1, 0.15) is 27.2 Å². The molecule has 5 atom stereocenters. The highest BCUT2D eigenvalue weighted by atomic mass is 32.2. The van der Waals surface area contributed by atoms with E-state index < -0.39 is 33.0 Å². The van der Waals surface area contributed by atoms with Gasteiger partial charge in [-0.3, -0.25) is 9.59 Å². The van der Waals surface area contributed by atoms with Crippen LogP contribution in [0.3, 0.4) is 0 Å². The maximum atomic E-state index is 13.5. The van der Waals surface area contributed by atoms with E-state index in [0.717, 1.165) is 11.1 Å². The van der Waals surface area contributed by atoms with Crippen molar-refractivity contribution in [1.29, 1.82) is 0 Å². The molecule has 27 heavy (non-hydrogen) atoms. The normalized spacial score (nSPS) is 33.3. The van der Waals surface area contributed by atoms with Gasteiger partial charge in [0.2, 0.25) is 0 Å². The van der Waals surface area contributed by atoms with Crippen LogP contribution in [0, 0.1) is 17.8 Å². The molecule has 5 nitrogen and oxygen atoms in total. The first-order chi connectivity index (χ1) is 12.7. The molecule has 142 valence electrons. The fourth-order valence-corrected chi connectivity index (χ4v) is 7.05. The molecule has 1 saturated heterocycles. The van der Waals surface area contributed by atoms with E-state index in [4.69, 9.17) is 4.74 Å². The minimum absolute atomic E-state index is 0.0953. The number of benzene rings is 1. The highest BCUT2D eigenvalue weighted by molar-refractivity contribution is 7.92. The molecule has 1 fully saturated rings. The molecule has 0 bridgehead atoms. The fraction of sp³-hybridized carbons (Fsp3) is 0.429. The van der Waals surface area contributed by atoms with Crippen LogP contribution in [0.5, 0.6) is 0 Å². The van der Waals surface area contributed by atoms with Gasteiger partial charge in [0.15, 0.2) is 15.6 Å². The second kappa shape index (κ2) is 6.16. The predicted octanol–water partition coefficient (Wildman–Crippen LogP) is 2.87. The third-order valence-electron chi connectivity index (χ3n) is 6.20. The lowest BCUT2D eigenvalue weighted by molar-refractivity contribution is -0.144. The average Bonchev–Trinajstić information content (AvgIpc) is 3.03. The summed E-state index contributed by atoms with van der Waals surface area (Å²) in [6.45, 7) is 5.41. The van der Waals surface area contributed by atoms with Gasteiger partial charge in [-0.1, -0.05) is 36.3 Å². The van der Waals surface area contributed by atoms with E-state index in [-0.39, 0.29) is 29.0 Å². The van der Waals surface area contributed by atoms with Crippen molar-refractivity contribution in [2.24, 2.45) is 17.8 Å². The molecule has 0 N–H and O–H groups in total. The zero-order valence-electron chi connectivity index (χ0n) is 15.5. The van der Waals surface area contributed by atoms with Gasteiger partial charge in [-0.25, -0.2) is 8.42 Å². The number of carbonyl (C=O) groups excluding carboxylic acids is 2. The molecule has 2 aliphatic carbocycles. The van der Waals surface area contributed by atoms with Crippen LogP contribution in [0.4, 0.5) is 0 Å². The van der Waals surface area contributed by atoms with Crippen molar-refractivity contribution in [2.45, 2.75) is 43.4 Å². The van der Waals surface area contributed by atoms with Crippen molar-refractivity contribution >= 4 is 21.6 Å². The number of hydrogen-bond acceptors (Lipinski definition) is 5. The van der Waals surface area contributed by atoms with E-state index in [9.17, 15) is 18.0 Å². The molecule has 1 aromatic carbocycles. The number of allylic oxidation sites excluding steroid dienone is 2. The zero-order valence-corrected chi connectivity index (χ0v) is 16.3. The molecule has 3 aliphatic rings. The third-order valence-corrected chi connectivity index (χ3v) is 8.41. The Morgan fingerprint density at radius 2 is 1.74 bits per heavy atom. The monoisotopic (exact) mass is 386 g/mol. The molecule has 0 amide bonds. The molecule has 0 saturated carbocycles. The van der Waals surface area contributed by atoms with Gasteiger partial charge < -0.3 is 4.74 Å². The SMILES string of the molecule is CC1=CC(=O)C2=C(C)C[C@H](S(=O)(=O)c3ccccc3)C3[C@H](OC(=O)[C@H]3C)C12. The number of esters is 1. The number of rotatable bonds is 2. The summed E-state index contributed by atoms with van der Waals surface area (Å²) >= 11 is 0. The predicted molar refractivity (Wildman–Crippen MR) is 99.5 cm³/mol. The first-order valence-corrected chi connectivity index (χ1v) is 10.7.